The third kappa shape index (κ3) is 5.06. The van der Waals surface area contributed by atoms with Crippen molar-refractivity contribution < 1.29 is 32.3 Å². The maximum atomic E-state index is 14.4. The number of hydrogen-bond donors (Lipinski definition) is 2. The molecular weight excluding hydrogens is 389 g/mol. The van der Waals surface area contributed by atoms with Crippen LogP contribution >= 0.6 is 0 Å². The average Bonchev–Trinajstić information content (AvgIpc) is 2.99. The fraction of sp³-hybridized carbons (Fsp3) is 0.350. The van der Waals surface area contributed by atoms with Gasteiger partial charge in [0.15, 0.2) is 17.4 Å². The van der Waals surface area contributed by atoms with Crippen molar-refractivity contribution in [2.45, 2.75) is 32.7 Å². The zero-order chi connectivity index (χ0) is 21.2. The van der Waals surface area contributed by atoms with Crippen molar-refractivity contribution in [2.75, 3.05) is 18.5 Å². The van der Waals surface area contributed by atoms with E-state index in [1.54, 1.807) is 26.8 Å². The first-order valence-corrected chi connectivity index (χ1v) is 8.91. The second-order valence-electron chi connectivity index (χ2n) is 7.09. The fourth-order valence-corrected chi connectivity index (χ4v) is 2.82. The Bertz CT molecular complexity index is 921. The summed E-state index contributed by atoms with van der Waals surface area (Å²) in [6.45, 7) is 5.46. The van der Waals surface area contributed by atoms with Crippen LogP contribution in [0.4, 0.5) is 24.5 Å². The molecule has 3 rings (SSSR count). The number of carbonyl (C=O) groups is 1. The topological polar surface area (TPSA) is 68.8 Å². The number of aryl methyl sites for hydroxylation is 1. The lowest BCUT2D eigenvalue weighted by Gasteiger charge is -2.17. The Hall–Kier alpha value is -2.62. The quantitative estimate of drug-likeness (QED) is 0.706. The van der Waals surface area contributed by atoms with Gasteiger partial charge in [0.2, 0.25) is 0 Å². The molecule has 156 valence electrons. The van der Waals surface area contributed by atoms with Gasteiger partial charge < -0.3 is 14.8 Å². The van der Waals surface area contributed by atoms with E-state index in [4.69, 9.17) is 14.3 Å². The van der Waals surface area contributed by atoms with Crippen LogP contribution in [0.15, 0.2) is 30.3 Å². The summed E-state index contributed by atoms with van der Waals surface area (Å²) in [5.74, 6) is -4.75. The first-order valence-electron chi connectivity index (χ1n) is 8.91. The van der Waals surface area contributed by atoms with Gasteiger partial charge in [0.25, 0.3) is 5.91 Å². The first-order chi connectivity index (χ1) is 13.7. The number of hydroxylamine groups is 1. The number of amides is 1. The molecule has 1 fully saturated rings. The summed E-state index contributed by atoms with van der Waals surface area (Å²) in [5, 5.41) is 2.45. The maximum Gasteiger partial charge on any atom is 0.277 e. The molecule has 9 heteroatoms. The standard InChI is InChI=1S/C20H21F3N2O4/c1-11-4-7-16(15(22)8-11)24-18-13(5-6-14(21)17(18)23)19(26)25-28-10-12-9-27-20(2,3)29-12/h4-8,12,24H,9-10H2,1-3H3,(H,25,26)/t12-/m1/s1. The van der Waals surface area contributed by atoms with Gasteiger partial charge in [-0.2, -0.15) is 0 Å². The molecule has 0 bridgehead atoms. The summed E-state index contributed by atoms with van der Waals surface area (Å²) >= 11 is 0. The SMILES string of the molecule is Cc1ccc(Nc2c(C(=O)NOC[C@H]3COC(C)(C)O3)ccc(F)c2F)c(F)c1. The molecule has 1 atom stereocenters. The number of rotatable bonds is 6. The molecule has 1 saturated heterocycles. The van der Waals surface area contributed by atoms with Gasteiger partial charge in [-0.15, -0.1) is 0 Å². The van der Waals surface area contributed by atoms with Gasteiger partial charge >= 0.3 is 0 Å². The van der Waals surface area contributed by atoms with Gasteiger partial charge in [-0.25, -0.2) is 18.7 Å². The predicted octanol–water partition coefficient (Wildman–Crippen LogP) is 3.97. The Morgan fingerprint density at radius 3 is 2.62 bits per heavy atom. The van der Waals surface area contributed by atoms with Crippen LogP contribution in [-0.2, 0) is 14.3 Å². The highest BCUT2D eigenvalue weighted by atomic mass is 19.2. The Kier molecular flexibility index (Phi) is 6.11. The largest absolute Gasteiger partial charge is 0.350 e. The summed E-state index contributed by atoms with van der Waals surface area (Å²) in [7, 11) is 0. The molecule has 0 aromatic heterocycles. The predicted molar refractivity (Wildman–Crippen MR) is 99.1 cm³/mol. The first kappa shape index (κ1) is 21.1. The Balaban J connectivity index is 1.73. The molecule has 2 aromatic rings. The normalized spacial score (nSPS) is 17.9. The Labute approximate surface area is 165 Å². The van der Waals surface area contributed by atoms with E-state index in [-0.39, 0.29) is 24.5 Å². The highest BCUT2D eigenvalue weighted by Crippen LogP contribution is 2.28. The second kappa shape index (κ2) is 8.40. The summed E-state index contributed by atoms with van der Waals surface area (Å²) in [5.41, 5.74) is 1.94. The molecule has 2 aromatic carbocycles. The van der Waals surface area contributed by atoms with E-state index in [1.807, 2.05) is 0 Å². The zero-order valence-electron chi connectivity index (χ0n) is 16.1. The summed E-state index contributed by atoms with van der Waals surface area (Å²) < 4.78 is 53.1. The van der Waals surface area contributed by atoms with E-state index in [0.29, 0.717) is 5.56 Å². The van der Waals surface area contributed by atoms with Crippen LogP contribution in [0.3, 0.4) is 0 Å². The number of hydrogen-bond acceptors (Lipinski definition) is 5. The number of benzene rings is 2. The summed E-state index contributed by atoms with van der Waals surface area (Å²) in [6, 6.07) is 6.07. The van der Waals surface area contributed by atoms with Crippen LogP contribution in [0.25, 0.3) is 0 Å². The van der Waals surface area contributed by atoms with Gasteiger partial charge in [0, 0.05) is 0 Å². The summed E-state index contributed by atoms with van der Waals surface area (Å²) in [6.07, 6.45) is -0.394. The third-order valence-corrected chi connectivity index (χ3v) is 4.23. The van der Waals surface area contributed by atoms with Crippen molar-refractivity contribution >= 4 is 17.3 Å². The zero-order valence-corrected chi connectivity index (χ0v) is 16.1. The van der Waals surface area contributed by atoms with E-state index in [9.17, 15) is 18.0 Å². The van der Waals surface area contributed by atoms with Crippen LogP contribution < -0.4 is 10.8 Å². The highest BCUT2D eigenvalue weighted by molar-refractivity contribution is 6.00. The molecule has 0 radical (unpaired) electrons. The molecule has 1 aliphatic heterocycles. The Morgan fingerprint density at radius 2 is 1.97 bits per heavy atom. The minimum Gasteiger partial charge on any atom is -0.350 e. The van der Waals surface area contributed by atoms with Crippen LogP contribution in [-0.4, -0.2) is 31.0 Å². The van der Waals surface area contributed by atoms with Gasteiger partial charge in [0.1, 0.15) is 18.5 Å². The lowest BCUT2D eigenvalue weighted by molar-refractivity contribution is -0.147. The summed E-state index contributed by atoms with van der Waals surface area (Å²) in [4.78, 5) is 17.5. The van der Waals surface area contributed by atoms with Gasteiger partial charge in [-0.05, 0) is 50.6 Å². The van der Waals surface area contributed by atoms with Crippen molar-refractivity contribution in [3.63, 3.8) is 0 Å². The van der Waals surface area contributed by atoms with E-state index in [0.717, 1.165) is 12.1 Å². The van der Waals surface area contributed by atoms with Gasteiger partial charge in [-0.1, -0.05) is 6.07 Å². The van der Waals surface area contributed by atoms with E-state index < -0.39 is 40.9 Å². The lowest BCUT2D eigenvalue weighted by atomic mass is 10.1. The van der Waals surface area contributed by atoms with Crippen LogP contribution in [0.5, 0.6) is 0 Å². The monoisotopic (exact) mass is 410 g/mol. The van der Waals surface area contributed by atoms with Gasteiger partial charge in [-0.3, -0.25) is 9.63 Å². The fourth-order valence-electron chi connectivity index (χ4n) is 2.82. The molecule has 1 amide bonds. The van der Waals surface area contributed by atoms with Crippen LogP contribution in [0.2, 0.25) is 0 Å². The molecule has 1 heterocycles. The van der Waals surface area contributed by atoms with Crippen molar-refractivity contribution in [2.24, 2.45) is 0 Å². The second-order valence-corrected chi connectivity index (χ2v) is 7.09. The average molecular weight is 410 g/mol. The van der Waals surface area contributed by atoms with Crippen LogP contribution in [0, 0.1) is 24.4 Å². The lowest BCUT2D eigenvalue weighted by Crippen LogP contribution is -2.31. The van der Waals surface area contributed by atoms with E-state index in [2.05, 4.69) is 10.8 Å². The molecule has 0 aliphatic carbocycles. The minimum absolute atomic E-state index is 0.00575. The molecule has 0 spiro atoms. The molecule has 1 aliphatic rings. The minimum atomic E-state index is -1.31. The number of halogens is 3. The number of anilines is 2. The van der Waals surface area contributed by atoms with Gasteiger partial charge in [0.05, 0.1) is 23.5 Å². The van der Waals surface area contributed by atoms with E-state index >= 15 is 0 Å². The smallest absolute Gasteiger partial charge is 0.277 e. The molecule has 29 heavy (non-hydrogen) atoms. The number of ether oxygens (including phenoxy) is 2. The van der Waals surface area contributed by atoms with E-state index in [1.165, 1.54) is 12.1 Å². The highest BCUT2D eigenvalue weighted by Gasteiger charge is 2.33. The van der Waals surface area contributed by atoms with Crippen molar-refractivity contribution in [1.29, 1.82) is 0 Å². The van der Waals surface area contributed by atoms with Crippen molar-refractivity contribution in [3.8, 4) is 0 Å². The van der Waals surface area contributed by atoms with Crippen LogP contribution in [0.1, 0.15) is 29.8 Å². The number of nitrogens with one attached hydrogen (secondary N) is 2. The third-order valence-electron chi connectivity index (χ3n) is 4.23. The number of carbonyl (C=O) groups excluding carboxylic acids is 1. The van der Waals surface area contributed by atoms with Crippen molar-refractivity contribution in [1.82, 2.24) is 5.48 Å². The molecule has 0 saturated carbocycles. The molecule has 2 N–H and O–H groups in total. The molecule has 6 nitrogen and oxygen atoms in total. The molecular formula is C20H21F3N2O4. The Morgan fingerprint density at radius 1 is 1.21 bits per heavy atom. The van der Waals surface area contributed by atoms with Crippen molar-refractivity contribution in [3.05, 3.63) is 58.9 Å². The maximum absolute atomic E-state index is 14.4. The molecule has 0 unspecified atom stereocenters.